The number of aromatic nitrogens is 13. The van der Waals surface area contributed by atoms with Crippen LogP contribution in [0, 0.1) is 0 Å². The Morgan fingerprint density at radius 3 is 0.800 bits per heavy atom. The number of para-hydroxylation sites is 6. The van der Waals surface area contributed by atoms with E-state index < -0.39 is 0 Å². The molecule has 13 heterocycles. The molecule has 0 amide bonds. The van der Waals surface area contributed by atoms with Crippen LogP contribution >= 0.6 is 0 Å². The van der Waals surface area contributed by atoms with E-state index in [9.17, 15) is 0 Å². The minimum Gasteiger partial charge on any atom is -0.309 e. The molecule has 0 unspecified atom stereocenters. The van der Waals surface area contributed by atoms with Crippen molar-refractivity contribution in [3.05, 3.63) is 541 Å². The van der Waals surface area contributed by atoms with Crippen molar-refractivity contribution in [2.45, 2.75) is 0 Å². The number of hydrogen-bond donors (Lipinski definition) is 0. The Morgan fingerprint density at radius 1 is 0.133 bits per heavy atom. The van der Waals surface area contributed by atoms with Crippen molar-refractivity contribution in [2.75, 3.05) is 0 Å². The van der Waals surface area contributed by atoms with Gasteiger partial charge in [-0.25, -0.2) is 9.97 Å². The van der Waals surface area contributed by atoms with Crippen LogP contribution in [-0.2, 0) is 0 Å². The Balaban J connectivity index is 0.000000108. The van der Waals surface area contributed by atoms with Gasteiger partial charge < -0.3 is 22.8 Å². The lowest BCUT2D eigenvalue weighted by Crippen LogP contribution is -2.00. The van der Waals surface area contributed by atoms with Crippen LogP contribution in [0.2, 0.25) is 0 Å². The number of pyridine rings is 7. The van der Waals surface area contributed by atoms with Crippen molar-refractivity contribution in [2.24, 2.45) is 0 Å². The summed E-state index contributed by atoms with van der Waals surface area (Å²) in [4.78, 5) is 34.7. The molecule has 702 valence electrons. The normalized spacial score (nSPS) is 11.6. The SMILES string of the molecule is c1ccc(-c2cc(-c3ccccc3)nc(-n3c4ccc(-c5cccc6c5c5ccccc5n6-c5ccccc5)cc4c4ncccc43)c2)cc1.c1ccc(-c2cc(-n3c4ccc(-c5cccc6c5c5ccccc5n6-c5ccccc5)cc4c4ncccc43)cc(-c3ccccc3)n2)cc1.c1ccc(-n2c3ccccc3c3c(-c4ccc5c(c4)c4ncccc4n5-c4cc(-c5ccccn5)cc(-c5ccccn5)c4)cccc32)cc1. The third-order valence-corrected chi connectivity index (χ3v) is 29.2. The molecule has 0 radical (unpaired) electrons. The standard InChI is InChI=1S/2C46H30N4.C45H29N5/c1-4-14-31(15-5-1)34-29-39(32-16-6-2-7-17-32)48-44(30-34)50-41-26-25-33(28-38(41)46-43(50)24-13-27-47-46)36-21-12-23-42-45(36)37-20-10-11-22-40(37)49(42)35-18-8-3-9-19-35;1-4-14-31(15-5-1)39-29-35(30-40(48-39)32-16-6-2-7-17-32)50-42-26-25-33(28-38(42)46-44(50)24-13-27-47-46)36-21-12-23-43-45(36)37-20-10-11-22-41(37)49(43)34-18-8-3-9-19-34;1-2-12-33(13-3-1)49-40-18-5-4-14-36(40)44-35(15-10-19-42(44)49)30-21-22-41-37(29-30)45-43(20-11-25-48-45)50(41)34-27-31(38-16-6-8-23-46-38)26-32(28-34)39-17-7-9-24-47-39/h2*1-30H;1-29H. The molecule has 30 rings (SSSR count). The van der Waals surface area contributed by atoms with E-state index in [0.29, 0.717) is 0 Å². The topological polar surface area (TPSA) is 120 Å². The van der Waals surface area contributed by atoms with E-state index >= 15 is 0 Å². The van der Waals surface area contributed by atoms with E-state index in [2.05, 4.69) is 476 Å². The van der Waals surface area contributed by atoms with Gasteiger partial charge in [-0.15, -0.1) is 0 Å². The molecule has 13 aromatic heterocycles. The first-order valence-electron chi connectivity index (χ1n) is 50.6. The fraction of sp³-hybridized carbons (Fsp3) is 0. The van der Waals surface area contributed by atoms with Crippen molar-refractivity contribution >= 4 is 131 Å². The second kappa shape index (κ2) is 37.1. The zero-order valence-electron chi connectivity index (χ0n) is 81.2. The van der Waals surface area contributed by atoms with Gasteiger partial charge in [0.25, 0.3) is 0 Å². The van der Waals surface area contributed by atoms with Crippen molar-refractivity contribution < 1.29 is 0 Å². The van der Waals surface area contributed by atoms with Gasteiger partial charge in [0.2, 0.25) is 0 Å². The van der Waals surface area contributed by atoms with Crippen LogP contribution in [0.1, 0.15) is 0 Å². The number of benzene rings is 17. The summed E-state index contributed by atoms with van der Waals surface area (Å²) in [6.45, 7) is 0. The number of nitrogens with zero attached hydrogens (tertiary/aromatic N) is 13. The summed E-state index contributed by atoms with van der Waals surface area (Å²) in [7, 11) is 0. The molecule has 13 nitrogen and oxygen atoms in total. The van der Waals surface area contributed by atoms with Crippen molar-refractivity contribution in [3.8, 4) is 135 Å². The van der Waals surface area contributed by atoms with Gasteiger partial charge >= 0.3 is 0 Å². The molecule has 150 heavy (non-hydrogen) atoms. The Hall–Kier alpha value is -20.4. The largest absolute Gasteiger partial charge is 0.309 e. The predicted molar refractivity (Wildman–Crippen MR) is 619 cm³/mol. The van der Waals surface area contributed by atoms with E-state index in [1.807, 2.05) is 91.6 Å². The van der Waals surface area contributed by atoms with Crippen LogP contribution in [0.4, 0.5) is 0 Å². The molecular formula is C137H89N13. The third kappa shape index (κ3) is 15.2. The Labute approximate surface area is 863 Å². The molecular weight excluding hydrogens is 1830 g/mol. The van der Waals surface area contributed by atoms with E-state index in [1.54, 1.807) is 0 Å². The Morgan fingerprint density at radius 2 is 0.427 bits per heavy atom. The first kappa shape index (κ1) is 87.4. The number of rotatable bonds is 15. The monoisotopic (exact) mass is 1920 g/mol. The predicted octanol–water partition coefficient (Wildman–Crippen LogP) is 34.4. The van der Waals surface area contributed by atoms with Gasteiger partial charge in [-0.2, -0.15) is 0 Å². The summed E-state index contributed by atoms with van der Waals surface area (Å²) >= 11 is 0. The van der Waals surface area contributed by atoms with Gasteiger partial charge in [0.15, 0.2) is 0 Å². The molecule has 0 aliphatic rings. The van der Waals surface area contributed by atoms with Gasteiger partial charge in [0, 0.05) is 130 Å². The highest BCUT2D eigenvalue weighted by molar-refractivity contribution is 6.21. The molecule has 17 aromatic carbocycles. The fourth-order valence-corrected chi connectivity index (χ4v) is 22.6. The van der Waals surface area contributed by atoms with Crippen LogP contribution in [0.5, 0.6) is 0 Å². The highest BCUT2D eigenvalue weighted by Gasteiger charge is 2.27. The second-order valence-electron chi connectivity index (χ2n) is 37.8. The first-order valence-corrected chi connectivity index (χ1v) is 50.6. The summed E-state index contributed by atoms with van der Waals surface area (Å²) in [5.41, 5.74) is 41.2. The summed E-state index contributed by atoms with van der Waals surface area (Å²) < 4.78 is 14.0. The van der Waals surface area contributed by atoms with Crippen LogP contribution in [0.3, 0.4) is 0 Å². The quantitative estimate of drug-likeness (QED) is 0.100. The summed E-state index contributed by atoms with van der Waals surface area (Å²) in [5, 5.41) is 10.7. The van der Waals surface area contributed by atoms with Crippen LogP contribution in [-0.4, -0.2) is 62.3 Å². The van der Waals surface area contributed by atoms with Gasteiger partial charge in [-0.1, -0.05) is 297 Å². The number of hydrogen-bond acceptors (Lipinski definition) is 7. The van der Waals surface area contributed by atoms with Crippen LogP contribution in [0.15, 0.2) is 541 Å². The molecule has 0 bridgehead atoms. The van der Waals surface area contributed by atoms with E-state index in [-0.39, 0.29) is 0 Å². The third-order valence-electron chi connectivity index (χ3n) is 29.2. The van der Waals surface area contributed by atoms with E-state index in [1.165, 1.54) is 82.1 Å². The van der Waals surface area contributed by atoms with Gasteiger partial charge in [0.05, 0.1) is 117 Å². The second-order valence-corrected chi connectivity index (χ2v) is 37.8. The molecule has 0 aliphatic carbocycles. The molecule has 0 spiro atoms. The average molecular weight is 1920 g/mol. The summed E-state index contributed by atoms with van der Waals surface area (Å²) in [5.74, 6) is 0.860. The lowest BCUT2D eigenvalue weighted by molar-refractivity contribution is 1.08. The minimum absolute atomic E-state index is 0.860. The van der Waals surface area contributed by atoms with Gasteiger partial charge in [0.1, 0.15) is 5.82 Å². The molecule has 0 fully saturated rings. The maximum absolute atomic E-state index is 5.29. The lowest BCUT2D eigenvalue weighted by Gasteiger charge is -2.13. The molecule has 0 saturated heterocycles. The van der Waals surface area contributed by atoms with Crippen LogP contribution < -0.4 is 0 Å². The zero-order chi connectivity index (χ0) is 99.1. The maximum Gasteiger partial charge on any atom is 0.138 e. The van der Waals surface area contributed by atoms with Gasteiger partial charge in [-0.05, 0) is 257 Å². The summed E-state index contributed by atoms with van der Waals surface area (Å²) in [6, 6.07) is 180. The Kier molecular flexibility index (Phi) is 21.6. The van der Waals surface area contributed by atoms with E-state index in [0.717, 1.165) is 184 Å². The van der Waals surface area contributed by atoms with Crippen molar-refractivity contribution in [3.63, 3.8) is 0 Å². The smallest absolute Gasteiger partial charge is 0.138 e. The van der Waals surface area contributed by atoms with Crippen molar-refractivity contribution in [1.82, 2.24) is 62.3 Å². The molecule has 13 heteroatoms. The molecule has 30 aromatic rings. The van der Waals surface area contributed by atoms with Gasteiger partial charge in [-0.3, -0.25) is 29.5 Å². The minimum atomic E-state index is 0.860. The van der Waals surface area contributed by atoms with Crippen molar-refractivity contribution in [1.29, 1.82) is 0 Å². The average Bonchev–Trinajstić information content (AvgIpc) is 1.58. The molecule has 0 atom stereocenters. The zero-order valence-corrected chi connectivity index (χ0v) is 81.2. The molecule has 0 aliphatic heterocycles. The number of fused-ring (bicyclic) bond motifs is 18. The Bertz CT molecular complexity index is 9320. The highest BCUT2D eigenvalue weighted by atomic mass is 15.1. The first-order chi connectivity index (χ1) is 74.4. The highest BCUT2D eigenvalue weighted by Crippen LogP contribution is 2.48. The molecule has 0 saturated carbocycles. The lowest BCUT2D eigenvalue weighted by atomic mass is 9.98. The molecule has 0 N–H and O–H groups in total. The fourth-order valence-electron chi connectivity index (χ4n) is 22.6. The summed E-state index contributed by atoms with van der Waals surface area (Å²) in [6.07, 6.45) is 9.34. The van der Waals surface area contributed by atoms with Crippen LogP contribution in [0.25, 0.3) is 266 Å². The van der Waals surface area contributed by atoms with E-state index in [4.69, 9.17) is 34.9 Å². The maximum atomic E-state index is 5.29.